The molecule has 11 rings (SSSR count). The predicted molar refractivity (Wildman–Crippen MR) is 214 cm³/mol. The highest BCUT2D eigenvalue weighted by Gasteiger charge is 2.21. The second kappa shape index (κ2) is 10.7. The lowest BCUT2D eigenvalue weighted by molar-refractivity contribution is 1.19. The van der Waals surface area contributed by atoms with Crippen molar-refractivity contribution < 1.29 is 0 Å². The Bertz CT molecular complexity index is 3000. The molecule has 1 aliphatic heterocycles. The standard InChI is InChI=1S/C48H29NS/c1-2-11-34-29-44-43(28-33(34)10-1)42-24-21-31-9-3-4-14-38(31)48(42)49(44)36-22-19-30(20-23-36)32-12-7-13-35(27-32)37-25-26-46-47-40(37)16-8-17-41(47)39-15-5-6-18-45(39)50-46/h1-29H. The molecule has 10 aromatic rings. The molecular formula is C48H29NS. The van der Waals surface area contributed by atoms with Crippen molar-refractivity contribution in [1.82, 2.24) is 4.57 Å². The van der Waals surface area contributed by atoms with Crippen LogP contribution in [0.2, 0.25) is 0 Å². The third-order valence-electron chi connectivity index (χ3n) is 10.6. The highest BCUT2D eigenvalue weighted by Crippen LogP contribution is 2.49. The zero-order valence-electron chi connectivity index (χ0n) is 27.1. The summed E-state index contributed by atoms with van der Waals surface area (Å²) < 4.78 is 2.46. The number of nitrogens with zero attached hydrogens (tertiary/aromatic N) is 1. The fourth-order valence-electron chi connectivity index (χ4n) is 8.23. The van der Waals surface area contributed by atoms with Crippen LogP contribution in [0.5, 0.6) is 0 Å². The summed E-state index contributed by atoms with van der Waals surface area (Å²) in [6.45, 7) is 0. The third kappa shape index (κ3) is 4.09. The summed E-state index contributed by atoms with van der Waals surface area (Å²) in [5.41, 5.74) is 11.2. The summed E-state index contributed by atoms with van der Waals surface area (Å²) in [6.07, 6.45) is 0. The number of hydrogen-bond acceptors (Lipinski definition) is 1. The fraction of sp³-hybridized carbons (Fsp3) is 0. The van der Waals surface area contributed by atoms with E-state index in [1.165, 1.54) is 97.3 Å². The molecule has 0 spiro atoms. The zero-order chi connectivity index (χ0) is 32.8. The zero-order valence-corrected chi connectivity index (χ0v) is 27.9. The Morgan fingerprint density at radius 1 is 0.360 bits per heavy atom. The van der Waals surface area contributed by atoms with E-state index in [-0.39, 0.29) is 0 Å². The molecule has 9 aromatic carbocycles. The van der Waals surface area contributed by atoms with Crippen molar-refractivity contribution in [3.63, 3.8) is 0 Å². The van der Waals surface area contributed by atoms with Crippen molar-refractivity contribution in [2.24, 2.45) is 0 Å². The first-order valence-electron chi connectivity index (χ1n) is 17.2. The molecule has 1 nitrogen and oxygen atoms in total. The average Bonchev–Trinajstić information content (AvgIpc) is 3.51. The molecule has 1 aliphatic rings. The normalized spacial score (nSPS) is 12.3. The summed E-state index contributed by atoms with van der Waals surface area (Å²) >= 11 is 1.88. The van der Waals surface area contributed by atoms with E-state index in [1.54, 1.807) is 0 Å². The maximum absolute atomic E-state index is 2.46. The summed E-state index contributed by atoms with van der Waals surface area (Å²) in [4.78, 5) is 2.66. The Balaban J connectivity index is 1.05. The molecule has 0 saturated heterocycles. The number of hydrogen-bond donors (Lipinski definition) is 0. The van der Waals surface area contributed by atoms with Crippen LogP contribution in [0.3, 0.4) is 0 Å². The lowest BCUT2D eigenvalue weighted by Gasteiger charge is -2.21. The van der Waals surface area contributed by atoms with Crippen molar-refractivity contribution in [3.8, 4) is 39.1 Å². The molecule has 0 amide bonds. The summed E-state index contributed by atoms with van der Waals surface area (Å²) in [5.74, 6) is 0. The SMILES string of the molecule is c1cc(-c2ccc(-n3c4cc5ccccc5cc4c4ccc5ccccc5c43)cc2)cc(-c2ccc3c4c(cccc24)-c2ccccc2S3)c1. The molecule has 0 aliphatic carbocycles. The third-order valence-corrected chi connectivity index (χ3v) is 11.7. The molecule has 0 radical (unpaired) electrons. The monoisotopic (exact) mass is 651 g/mol. The Hall–Kier alpha value is -6.09. The quantitative estimate of drug-likeness (QED) is 0.184. The van der Waals surface area contributed by atoms with E-state index in [4.69, 9.17) is 0 Å². The largest absolute Gasteiger partial charge is 0.309 e. The van der Waals surface area contributed by atoms with Gasteiger partial charge in [0.1, 0.15) is 0 Å². The van der Waals surface area contributed by atoms with Gasteiger partial charge in [0.25, 0.3) is 0 Å². The molecular weight excluding hydrogens is 623 g/mol. The van der Waals surface area contributed by atoms with E-state index >= 15 is 0 Å². The van der Waals surface area contributed by atoms with Gasteiger partial charge in [0.2, 0.25) is 0 Å². The first-order valence-corrected chi connectivity index (χ1v) is 18.0. The van der Waals surface area contributed by atoms with Crippen LogP contribution < -0.4 is 0 Å². The van der Waals surface area contributed by atoms with Gasteiger partial charge >= 0.3 is 0 Å². The van der Waals surface area contributed by atoms with E-state index < -0.39 is 0 Å². The molecule has 0 N–H and O–H groups in total. The Morgan fingerprint density at radius 2 is 1.08 bits per heavy atom. The van der Waals surface area contributed by atoms with E-state index in [9.17, 15) is 0 Å². The molecule has 2 heteroatoms. The Morgan fingerprint density at radius 3 is 1.98 bits per heavy atom. The van der Waals surface area contributed by atoms with Crippen LogP contribution in [0.15, 0.2) is 186 Å². The van der Waals surface area contributed by atoms with E-state index in [2.05, 4.69) is 180 Å². The minimum atomic E-state index is 1.16. The second-order valence-electron chi connectivity index (χ2n) is 13.3. The van der Waals surface area contributed by atoms with Gasteiger partial charge in [-0.25, -0.2) is 0 Å². The predicted octanol–water partition coefficient (Wildman–Crippen LogP) is 13.7. The van der Waals surface area contributed by atoms with Gasteiger partial charge in [-0.3, -0.25) is 0 Å². The topological polar surface area (TPSA) is 4.93 Å². The number of fused-ring (bicyclic) bond motifs is 8. The maximum atomic E-state index is 2.46. The molecule has 1 aromatic heterocycles. The molecule has 0 saturated carbocycles. The summed E-state index contributed by atoms with van der Waals surface area (Å²) in [7, 11) is 0. The van der Waals surface area contributed by atoms with Gasteiger partial charge in [-0.05, 0) is 97.4 Å². The molecule has 0 unspecified atom stereocenters. The van der Waals surface area contributed by atoms with E-state index in [1.807, 2.05) is 11.8 Å². The lowest BCUT2D eigenvalue weighted by atomic mass is 9.91. The maximum Gasteiger partial charge on any atom is 0.0619 e. The van der Waals surface area contributed by atoms with Crippen LogP contribution in [0, 0.1) is 0 Å². The molecule has 0 atom stereocenters. The fourth-order valence-corrected chi connectivity index (χ4v) is 9.36. The number of rotatable bonds is 3. The molecule has 0 fully saturated rings. The molecule has 0 bridgehead atoms. The van der Waals surface area contributed by atoms with Crippen LogP contribution in [-0.4, -0.2) is 4.57 Å². The molecule has 232 valence electrons. The minimum Gasteiger partial charge on any atom is -0.309 e. The van der Waals surface area contributed by atoms with Gasteiger partial charge in [-0.15, -0.1) is 0 Å². The van der Waals surface area contributed by atoms with Crippen molar-refractivity contribution >= 4 is 65.9 Å². The van der Waals surface area contributed by atoms with Crippen LogP contribution in [0.1, 0.15) is 0 Å². The Kier molecular flexibility index (Phi) is 5.96. The van der Waals surface area contributed by atoms with Crippen LogP contribution in [-0.2, 0) is 0 Å². The first-order chi connectivity index (χ1) is 24.8. The summed E-state index contributed by atoms with van der Waals surface area (Å²) in [6, 6.07) is 65.0. The van der Waals surface area contributed by atoms with Gasteiger partial charge < -0.3 is 4.57 Å². The van der Waals surface area contributed by atoms with Crippen LogP contribution >= 0.6 is 11.8 Å². The van der Waals surface area contributed by atoms with Crippen LogP contribution in [0.4, 0.5) is 0 Å². The smallest absolute Gasteiger partial charge is 0.0619 e. The van der Waals surface area contributed by atoms with Crippen molar-refractivity contribution in [3.05, 3.63) is 176 Å². The molecule has 50 heavy (non-hydrogen) atoms. The first kappa shape index (κ1) is 27.8. The van der Waals surface area contributed by atoms with Gasteiger partial charge in [-0.2, -0.15) is 0 Å². The van der Waals surface area contributed by atoms with Gasteiger partial charge in [0.15, 0.2) is 0 Å². The average molecular weight is 652 g/mol. The van der Waals surface area contributed by atoms with Crippen molar-refractivity contribution in [2.75, 3.05) is 0 Å². The van der Waals surface area contributed by atoms with Crippen molar-refractivity contribution in [1.29, 1.82) is 0 Å². The van der Waals surface area contributed by atoms with Crippen LogP contribution in [0.25, 0.3) is 93.2 Å². The van der Waals surface area contributed by atoms with Gasteiger partial charge in [0, 0.05) is 37.0 Å². The van der Waals surface area contributed by atoms with Gasteiger partial charge in [0.05, 0.1) is 11.0 Å². The highest BCUT2D eigenvalue weighted by molar-refractivity contribution is 7.99. The summed E-state index contributed by atoms with van der Waals surface area (Å²) in [5, 5.41) is 10.3. The lowest BCUT2D eigenvalue weighted by Crippen LogP contribution is -1.95. The van der Waals surface area contributed by atoms with E-state index in [0.29, 0.717) is 0 Å². The number of benzene rings is 9. The minimum absolute atomic E-state index is 1.16. The number of aromatic nitrogens is 1. The molecule has 2 heterocycles. The van der Waals surface area contributed by atoms with Crippen molar-refractivity contribution in [2.45, 2.75) is 9.79 Å². The highest BCUT2D eigenvalue weighted by atomic mass is 32.2. The van der Waals surface area contributed by atoms with Gasteiger partial charge in [-0.1, -0.05) is 145 Å². The second-order valence-corrected chi connectivity index (χ2v) is 14.4. The Labute approximate surface area is 294 Å². The van der Waals surface area contributed by atoms with E-state index in [0.717, 1.165) is 5.69 Å².